The van der Waals surface area contributed by atoms with Crippen LogP contribution in [0.1, 0.15) is 37.5 Å². The van der Waals surface area contributed by atoms with Crippen LogP contribution >= 0.6 is 0 Å². The maximum absolute atomic E-state index is 8.68. The summed E-state index contributed by atoms with van der Waals surface area (Å²) in [5, 5.41) is 11.7. The van der Waals surface area contributed by atoms with E-state index in [0.717, 1.165) is 17.7 Å². The molecule has 0 saturated carbocycles. The molecule has 1 atom stereocenters. The molecule has 1 unspecified atom stereocenters. The lowest BCUT2D eigenvalue weighted by molar-refractivity contribution is 0.200. The van der Waals surface area contributed by atoms with Crippen LogP contribution in [0.2, 0.25) is 0 Å². The molecule has 3 N–H and O–H groups in total. The minimum Gasteiger partial charge on any atom is -0.409 e. The van der Waals surface area contributed by atoms with E-state index in [1.807, 2.05) is 18.2 Å². The fraction of sp³-hybridized carbons (Fsp3) is 0.533. The van der Waals surface area contributed by atoms with Crippen LogP contribution in [-0.4, -0.2) is 29.0 Å². The van der Waals surface area contributed by atoms with E-state index >= 15 is 0 Å². The van der Waals surface area contributed by atoms with Gasteiger partial charge in [-0.3, -0.25) is 4.90 Å². The molecule has 1 aromatic rings. The van der Waals surface area contributed by atoms with Gasteiger partial charge in [-0.15, -0.1) is 0 Å². The summed E-state index contributed by atoms with van der Waals surface area (Å²) in [4.78, 5) is 2.34. The number of aryl methyl sites for hydroxylation is 1. The fourth-order valence-corrected chi connectivity index (χ4v) is 2.01. The van der Waals surface area contributed by atoms with Gasteiger partial charge < -0.3 is 10.9 Å². The van der Waals surface area contributed by atoms with E-state index in [1.54, 1.807) is 0 Å². The largest absolute Gasteiger partial charge is 0.409 e. The van der Waals surface area contributed by atoms with Gasteiger partial charge in [0.2, 0.25) is 0 Å². The SMILES string of the molecule is Cc1cc(/C(N)=N/O)ccc1CN(C)C(C)C(C)C. The first-order valence-corrected chi connectivity index (χ1v) is 6.64. The molecule has 4 nitrogen and oxygen atoms in total. The monoisotopic (exact) mass is 263 g/mol. The summed E-state index contributed by atoms with van der Waals surface area (Å²) in [6.07, 6.45) is 0. The van der Waals surface area contributed by atoms with E-state index in [-0.39, 0.29) is 5.84 Å². The van der Waals surface area contributed by atoms with Gasteiger partial charge in [-0.1, -0.05) is 31.1 Å². The molecule has 0 saturated heterocycles. The fourth-order valence-electron chi connectivity index (χ4n) is 2.01. The van der Waals surface area contributed by atoms with Crippen molar-refractivity contribution in [3.8, 4) is 0 Å². The van der Waals surface area contributed by atoms with Crippen LogP contribution in [0.5, 0.6) is 0 Å². The third kappa shape index (κ3) is 3.96. The summed E-state index contributed by atoms with van der Waals surface area (Å²) in [5.74, 6) is 0.778. The molecule has 0 aliphatic rings. The van der Waals surface area contributed by atoms with Gasteiger partial charge in [0.1, 0.15) is 0 Å². The predicted octanol–water partition coefficient (Wildman–Crippen LogP) is 2.57. The molecular weight excluding hydrogens is 238 g/mol. The third-order valence-electron chi connectivity index (χ3n) is 3.83. The highest BCUT2D eigenvalue weighted by Gasteiger charge is 2.14. The van der Waals surface area contributed by atoms with Crippen LogP contribution in [0.4, 0.5) is 0 Å². The second-order valence-electron chi connectivity index (χ2n) is 5.53. The molecule has 106 valence electrons. The molecule has 0 bridgehead atoms. The quantitative estimate of drug-likeness (QED) is 0.371. The Morgan fingerprint density at radius 3 is 2.47 bits per heavy atom. The standard InChI is InChI=1S/C15H25N3O/c1-10(2)12(4)18(5)9-14-7-6-13(8-11(14)3)15(16)17-19/h6-8,10,12,19H,9H2,1-5H3,(H2,16,17). The lowest BCUT2D eigenvalue weighted by Gasteiger charge is -2.28. The van der Waals surface area contributed by atoms with Crippen molar-refractivity contribution in [2.24, 2.45) is 16.8 Å². The first-order valence-electron chi connectivity index (χ1n) is 6.64. The maximum Gasteiger partial charge on any atom is 0.170 e. The minimum absolute atomic E-state index is 0.151. The first kappa shape index (κ1) is 15.5. The Balaban J connectivity index is 2.86. The highest BCUT2D eigenvalue weighted by Crippen LogP contribution is 2.16. The van der Waals surface area contributed by atoms with E-state index in [2.05, 4.69) is 44.8 Å². The summed E-state index contributed by atoms with van der Waals surface area (Å²) < 4.78 is 0. The average Bonchev–Trinajstić information content (AvgIpc) is 2.38. The van der Waals surface area contributed by atoms with E-state index in [4.69, 9.17) is 10.9 Å². The molecule has 0 amide bonds. The third-order valence-corrected chi connectivity index (χ3v) is 3.83. The van der Waals surface area contributed by atoms with Crippen molar-refractivity contribution >= 4 is 5.84 Å². The van der Waals surface area contributed by atoms with Crippen LogP contribution in [0.15, 0.2) is 23.4 Å². The molecule has 4 heteroatoms. The zero-order valence-corrected chi connectivity index (χ0v) is 12.5. The maximum atomic E-state index is 8.68. The average molecular weight is 263 g/mol. The molecule has 0 radical (unpaired) electrons. The topological polar surface area (TPSA) is 61.9 Å². The first-order chi connectivity index (χ1) is 8.86. The summed E-state index contributed by atoms with van der Waals surface area (Å²) in [5.41, 5.74) is 8.77. The number of hydrogen-bond donors (Lipinski definition) is 2. The van der Waals surface area contributed by atoms with Gasteiger partial charge in [0.15, 0.2) is 5.84 Å². The van der Waals surface area contributed by atoms with Gasteiger partial charge >= 0.3 is 0 Å². The van der Waals surface area contributed by atoms with Gasteiger partial charge in [0.05, 0.1) is 0 Å². The molecule has 0 spiro atoms. The van der Waals surface area contributed by atoms with Crippen LogP contribution in [-0.2, 0) is 6.54 Å². The summed E-state index contributed by atoms with van der Waals surface area (Å²) in [6, 6.07) is 6.43. The number of oxime groups is 1. The Morgan fingerprint density at radius 2 is 2.00 bits per heavy atom. The second kappa shape index (κ2) is 6.57. The number of nitrogens with two attached hydrogens (primary N) is 1. The smallest absolute Gasteiger partial charge is 0.170 e. The van der Waals surface area contributed by atoms with Crippen molar-refractivity contribution in [3.05, 3.63) is 34.9 Å². The van der Waals surface area contributed by atoms with Gasteiger partial charge in [-0.25, -0.2) is 0 Å². The van der Waals surface area contributed by atoms with Gasteiger partial charge in [-0.2, -0.15) is 0 Å². The number of benzene rings is 1. The minimum atomic E-state index is 0.151. The number of amidine groups is 1. The summed E-state index contributed by atoms with van der Waals surface area (Å²) in [6.45, 7) is 9.66. The summed E-state index contributed by atoms with van der Waals surface area (Å²) >= 11 is 0. The van der Waals surface area contributed by atoms with Crippen molar-refractivity contribution in [2.45, 2.75) is 40.3 Å². The zero-order chi connectivity index (χ0) is 14.6. The zero-order valence-electron chi connectivity index (χ0n) is 12.5. The van der Waals surface area contributed by atoms with Crippen molar-refractivity contribution in [3.63, 3.8) is 0 Å². The Kier molecular flexibility index (Phi) is 5.36. The molecular formula is C15H25N3O. The van der Waals surface area contributed by atoms with E-state index in [9.17, 15) is 0 Å². The lowest BCUT2D eigenvalue weighted by Crippen LogP contribution is -2.32. The van der Waals surface area contributed by atoms with Gasteiger partial charge in [0.25, 0.3) is 0 Å². The molecule has 0 aliphatic heterocycles. The number of hydrogen-bond acceptors (Lipinski definition) is 3. The van der Waals surface area contributed by atoms with E-state index in [1.165, 1.54) is 5.56 Å². The lowest BCUT2D eigenvalue weighted by atomic mass is 10.0. The molecule has 0 heterocycles. The molecule has 19 heavy (non-hydrogen) atoms. The van der Waals surface area contributed by atoms with Crippen molar-refractivity contribution in [2.75, 3.05) is 7.05 Å². The highest BCUT2D eigenvalue weighted by atomic mass is 16.4. The summed E-state index contributed by atoms with van der Waals surface area (Å²) in [7, 11) is 2.14. The Labute approximate surface area is 115 Å². The van der Waals surface area contributed by atoms with Crippen molar-refractivity contribution in [1.29, 1.82) is 0 Å². The Bertz CT molecular complexity index is 455. The van der Waals surface area contributed by atoms with E-state index < -0.39 is 0 Å². The molecule has 1 aromatic carbocycles. The molecule has 0 aliphatic carbocycles. The molecule has 1 rings (SSSR count). The van der Waals surface area contributed by atoms with Crippen LogP contribution in [0, 0.1) is 12.8 Å². The molecule has 0 fully saturated rings. The van der Waals surface area contributed by atoms with Gasteiger partial charge in [0, 0.05) is 18.2 Å². The highest BCUT2D eigenvalue weighted by molar-refractivity contribution is 5.97. The molecule has 0 aromatic heterocycles. The van der Waals surface area contributed by atoms with Crippen LogP contribution < -0.4 is 5.73 Å². The Morgan fingerprint density at radius 1 is 1.37 bits per heavy atom. The number of rotatable bonds is 5. The predicted molar refractivity (Wildman–Crippen MR) is 79.5 cm³/mol. The second-order valence-corrected chi connectivity index (χ2v) is 5.53. The number of nitrogens with zero attached hydrogens (tertiary/aromatic N) is 2. The Hall–Kier alpha value is -1.55. The van der Waals surface area contributed by atoms with E-state index in [0.29, 0.717) is 12.0 Å². The van der Waals surface area contributed by atoms with Crippen molar-refractivity contribution in [1.82, 2.24) is 4.90 Å². The van der Waals surface area contributed by atoms with Crippen LogP contribution in [0.3, 0.4) is 0 Å². The van der Waals surface area contributed by atoms with Gasteiger partial charge in [-0.05, 0) is 44.0 Å². The van der Waals surface area contributed by atoms with Crippen LogP contribution in [0.25, 0.3) is 0 Å². The van der Waals surface area contributed by atoms with Crippen molar-refractivity contribution < 1.29 is 5.21 Å². The normalized spacial score (nSPS) is 14.2.